The van der Waals surface area contributed by atoms with E-state index in [0.29, 0.717) is 38.0 Å². The number of hydrogen-bond acceptors (Lipinski definition) is 6. The predicted molar refractivity (Wildman–Crippen MR) is 115 cm³/mol. The number of fused-ring (bicyclic) bond motifs is 2. The van der Waals surface area contributed by atoms with E-state index in [0.717, 1.165) is 0 Å². The molecule has 2 aromatic carbocycles. The van der Waals surface area contributed by atoms with E-state index in [2.05, 4.69) is 15.8 Å². The minimum absolute atomic E-state index is 0.0948. The van der Waals surface area contributed by atoms with Crippen LogP contribution in [0.5, 0.6) is 0 Å². The molecule has 2 aromatic heterocycles. The summed E-state index contributed by atoms with van der Waals surface area (Å²) in [5.41, 5.74) is 6.13. The van der Waals surface area contributed by atoms with Crippen LogP contribution in [0.25, 0.3) is 21.0 Å². The molecule has 2 heterocycles. The lowest BCUT2D eigenvalue weighted by Gasteiger charge is -2.14. The molecule has 0 fully saturated rings. The number of thiophene rings is 1. The number of para-hydroxylation sites is 1. The summed E-state index contributed by atoms with van der Waals surface area (Å²) in [5.74, 6) is -0.651. The van der Waals surface area contributed by atoms with Gasteiger partial charge < -0.3 is 4.74 Å². The molecule has 0 aliphatic carbocycles. The molecular formula is C21H19FN4O3S. The summed E-state index contributed by atoms with van der Waals surface area (Å²) in [4.78, 5) is 30.4. The van der Waals surface area contributed by atoms with Crippen LogP contribution < -0.4 is 16.4 Å². The zero-order valence-corrected chi connectivity index (χ0v) is 17.2. The third-order valence-corrected chi connectivity index (χ3v) is 5.92. The Hall–Kier alpha value is -3.30. The first kappa shape index (κ1) is 20.0. The molecule has 30 heavy (non-hydrogen) atoms. The number of carbonyl (C=O) groups is 1. The van der Waals surface area contributed by atoms with Gasteiger partial charge in [0.1, 0.15) is 10.7 Å². The SMILES string of the molecule is CCn1c(NNC(=O)c2sc3cccc(F)c3c2COC)nc2ccccc2c1=O. The van der Waals surface area contributed by atoms with Crippen LogP contribution in [0.1, 0.15) is 22.2 Å². The molecule has 9 heteroatoms. The molecule has 0 aliphatic heterocycles. The van der Waals surface area contributed by atoms with E-state index in [-0.39, 0.29) is 18.1 Å². The second kappa shape index (κ2) is 8.21. The largest absolute Gasteiger partial charge is 0.380 e. The number of ether oxygens (including phenoxy) is 1. The second-order valence-electron chi connectivity index (χ2n) is 6.54. The minimum Gasteiger partial charge on any atom is -0.380 e. The minimum atomic E-state index is -0.465. The van der Waals surface area contributed by atoms with Gasteiger partial charge in [-0.05, 0) is 31.2 Å². The van der Waals surface area contributed by atoms with Gasteiger partial charge in [0, 0.05) is 29.3 Å². The Labute approximate surface area is 175 Å². The number of anilines is 1. The first-order chi connectivity index (χ1) is 14.5. The summed E-state index contributed by atoms with van der Waals surface area (Å²) < 4.78 is 21.6. The lowest BCUT2D eigenvalue weighted by Crippen LogP contribution is -2.34. The molecule has 4 rings (SSSR count). The number of rotatable bonds is 6. The maximum atomic E-state index is 14.3. The molecule has 0 aliphatic rings. The Bertz CT molecular complexity index is 1320. The Kier molecular flexibility index (Phi) is 5.47. The molecule has 0 unspecified atom stereocenters. The number of methoxy groups -OCH3 is 1. The smallest absolute Gasteiger partial charge is 0.280 e. The van der Waals surface area contributed by atoms with Crippen molar-refractivity contribution in [3.8, 4) is 0 Å². The van der Waals surface area contributed by atoms with E-state index in [1.165, 1.54) is 29.1 Å². The van der Waals surface area contributed by atoms with Crippen LogP contribution >= 0.6 is 11.3 Å². The van der Waals surface area contributed by atoms with Crippen molar-refractivity contribution in [1.82, 2.24) is 15.0 Å². The van der Waals surface area contributed by atoms with E-state index >= 15 is 0 Å². The molecule has 0 saturated carbocycles. The van der Waals surface area contributed by atoms with Gasteiger partial charge in [0.05, 0.1) is 17.5 Å². The van der Waals surface area contributed by atoms with Gasteiger partial charge >= 0.3 is 0 Å². The number of halogens is 1. The van der Waals surface area contributed by atoms with E-state index < -0.39 is 11.7 Å². The highest BCUT2D eigenvalue weighted by atomic mass is 32.1. The molecule has 0 radical (unpaired) electrons. The van der Waals surface area contributed by atoms with Gasteiger partial charge in [-0.1, -0.05) is 18.2 Å². The van der Waals surface area contributed by atoms with Gasteiger partial charge in [0.15, 0.2) is 0 Å². The molecule has 0 atom stereocenters. The highest BCUT2D eigenvalue weighted by Crippen LogP contribution is 2.33. The summed E-state index contributed by atoms with van der Waals surface area (Å²) in [5, 5.41) is 0.877. The molecule has 0 spiro atoms. The van der Waals surface area contributed by atoms with Crippen molar-refractivity contribution < 1.29 is 13.9 Å². The lowest BCUT2D eigenvalue weighted by molar-refractivity contribution is 0.0962. The van der Waals surface area contributed by atoms with Gasteiger partial charge in [0.25, 0.3) is 11.5 Å². The van der Waals surface area contributed by atoms with Crippen molar-refractivity contribution in [2.24, 2.45) is 0 Å². The average molecular weight is 426 g/mol. The van der Waals surface area contributed by atoms with E-state index in [4.69, 9.17) is 4.74 Å². The first-order valence-electron chi connectivity index (χ1n) is 9.30. The second-order valence-corrected chi connectivity index (χ2v) is 7.59. The molecular weight excluding hydrogens is 407 g/mol. The lowest BCUT2D eigenvalue weighted by atomic mass is 10.1. The monoisotopic (exact) mass is 426 g/mol. The maximum absolute atomic E-state index is 14.3. The quantitative estimate of drug-likeness (QED) is 0.460. The van der Waals surface area contributed by atoms with Crippen LogP contribution in [-0.2, 0) is 17.9 Å². The average Bonchev–Trinajstić information content (AvgIpc) is 3.12. The van der Waals surface area contributed by atoms with Gasteiger partial charge in [-0.3, -0.25) is 25.0 Å². The van der Waals surface area contributed by atoms with Crippen molar-refractivity contribution in [3.05, 3.63) is 69.1 Å². The van der Waals surface area contributed by atoms with Crippen LogP contribution in [-0.4, -0.2) is 22.6 Å². The summed E-state index contributed by atoms with van der Waals surface area (Å²) in [7, 11) is 1.49. The molecule has 154 valence electrons. The van der Waals surface area contributed by atoms with E-state index in [1.54, 1.807) is 36.4 Å². The van der Waals surface area contributed by atoms with E-state index in [1.807, 2.05) is 6.92 Å². The van der Waals surface area contributed by atoms with Crippen molar-refractivity contribution in [1.29, 1.82) is 0 Å². The van der Waals surface area contributed by atoms with Crippen molar-refractivity contribution in [2.45, 2.75) is 20.1 Å². The van der Waals surface area contributed by atoms with Crippen molar-refractivity contribution in [3.63, 3.8) is 0 Å². The van der Waals surface area contributed by atoms with Crippen LogP contribution in [0.15, 0.2) is 47.3 Å². The highest BCUT2D eigenvalue weighted by molar-refractivity contribution is 7.21. The van der Waals surface area contributed by atoms with Gasteiger partial charge in [-0.2, -0.15) is 0 Å². The number of hydrogen-bond donors (Lipinski definition) is 2. The zero-order chi connectivity index (χ0) is 21.3. The fourth-order valence-corrected chi connectivity index (χ4v) is 4.48. The van der Waals surface area contributed by atoms with Crippen molar-refractivity contribution in [2.75, 3.05) is 12.5 Å². The molecule has 2 N–H and O–H groups in total. The number of aromatic nitrogens is 2. The van der Waals surface area contributed by atoms with Gasteiger partial charge in [-0.25, -0.2) is 9.37 Å². The predicted octanol–water partition coefficient (Wildman–Crippen LogP) is 3.67. The number of nitrogens with one attached hydrogen (secondary N) is 2. The number of hydrazine groups is 1. The molecule has 4 aromatic rings. The summed E-state index contributed by atoms with van der Waals surface area (Å²) in [6.07, 6.45) is 0. The number of amides is 1. The van der Waals surface area contributed by atoms with Crippen LogP contribution in [0, 0.1) is 5.82 Å². The topological polar surface area (TPSA) is 85.2 Å². The summed E-state index contributed by atoms with van der Waals surface area (Å²) >= 11 is 1.18. The number of benzene rings is 2. The Morgan fingerprint density at radius 2 is 2.03 bits per heavy atom. The fraction of sp³-hybridized carbons (Fsp3) is 0.190. The van der Waals surface area contributed by atoms with E-state index in [9.17, 15) is 14.0 Å². The normalized spacial score (nSPS) is 11.2. The third-order valence-electron chi connectivity index (χ3n) is 4.72. The third kappa shape index (κ3) is 3.42. The number of carbonyl (C=O) groups excluding carboxylic acids is 1. The van der Waals surface area contributed by atoms with Gasteiger partial charge in [-0.15, -0.1) is 11.3 Å². The molecule has 0 saturated heterocycles. The van der Waals surface area contributed by atoms with Crippen LogP contribution in [0.2, 0.25) is 0 Å². The number of nitrogens with zero attached hydrogens (tertiary/aromatic N) is 2. The maximum Gasteiger partial charge on any atom is 0.280 e. The highest BCUT2D eigenvalue weighted by Gasteiger charge is 2.21. The summed E-state index contributed by atoms with van der Waals surface area (Å²) in [6, 6.07) is 11.7. The van der Waals surface area contributed by atoms with Crippen LogP contribution in [0.4, 0.5) is 10.3 Å². The summed E-state index contributed by atoms with van der Waals surface area (Å²) in [6.45, 7) is 2.28. The fourth-order valence-electron chi connectivity index (χ4n) is 3.36. The van der Waals surface area contributed by atoms with Gasteiger partial charge in [0.2, 0.25) is 5.95 Å². The molecule has 0 bridgehead atoms. The van der Waals surface area contributed by atoms with Crippen molar-refractivity contribution >= 4 is 44.2 Å². The molecule has 7 nitrogen and oxygen atoms in total. The Morgan fingerprint density at radius 3 is 2.80 bits per heavy atom. The Morgan fingerprint density at radius 1 is 1.23 bits per heavy atom. The Balaban J connectivity index is 1.68. The standard InChI is InChI=1S/C21H19FN4O3S/c1-3-26-20(28)12-7-4-5-9-15(12)23-21(26)25-24-19(27)18-13(11-29-2)17-14(22)8-6-10-16(17)30-18/h4-10H,3,11H2,1-2H3,(H,23,25)(H,24,27). The molecule has 1 amide bonds. The first-order valence-corrected chi connectivity index (χ1v) is 10.1. The zero-order valence-electron chi connectivity index (χ0n) is 16.4. The van der Waals surface area contributed by atoms with Crippen LogP contribution in [0.3, 0.4) is 0 Å².